The highest BCUT2D eigenvalue weighted by Crippen LogP contribution is 2.19. The second-order valence-corrected chi connectivity index (χ2v) is 4.06. The summed E-state index contributed by atoms with van der Waals surface area (Å²) in [5, 5.41) is 9.62. The number of ether oxygens (including phenoxy) is 6. The van der Waals surface area contributed by atoms with Crippen LogP contribution in [0.1, 0.15) is 0 Å². The Morgan fingerprint density at radius 2 is 1.05 bits per heavy atom. The van der Waals surface area contributed by atoms with Crippen molar-refractivity contribution in [2.75, 3.05) is 46.8 Å². The maximum atomic E-state index is 9.62. The third-order valence-electron chi connectivity index (χ3n) is 2.37. The maximum Gasteiger partial charge on any atom is 0.188 e. The summed E-state index contributed by atoms with van der Waals surface area (Å²) in [4.78, 5) is 0. The van der Waals surface area contributed by atoms with E-state index in [1.54, 1.807) is 0 Å². The molecule has 0 aliphatic rings. The minimum absolute atomic E-state index is 0.0254. The summed E-state index contributed by atoms with van der Waals surface area (Å²) in [5.74, 6) is 0. The standard InChI is InChI=1S/C14H24O7/c1-4-16-11-19-8-14(7-15,9-20-12-17-5-2)10-21-13-18-6-3/h4-6,15H,1-3,7-13H2. The lowest BCUT2D eigenvalue weighted by atomic mass is 9.92. The van der Waals surface area contributed by atoms with Gasteiger partial charge in [-0.2, -0.15) is 0 Å². The Hall–Kier alpha value is -1.54. The molecule has 7 nitrogen and oxygen atoms in total. The van der Waals surface area contributed by atoms with Gasteiger partial charge in [0.15, 0.2) is 20.4 Å². The van der Waals surface area contributed by atoms with Gasteiger partial charge in [-0.1, -0.05) is 19.7 Å². The van der Waals surface area contributed by atoms with Gasteiger partial charge >= 0.3 is 0 Å². The molecular formula is C14H24O7. The van der Waals surface area contributed by atoms with E-state index in [9.17, 15) is 5.11 Å². The molecule has 0 aliphatic heterocycles. The van der Waals surface area contributed by atoms with Crippen LogP contribution in [0.15, 0.2) is 38.5 Å². The summed E-state index contributed by atoms with van der Waals surface area (Å²) in [7, 11) is 0. The Bertz CT molecular complexity index is 240. The predicted molar refractivity (Wildman–Crippen MR) is 75.8 cm³/mol. The number of hydrogen-bond acceptors (Lipinski definition) is 7. The van der Waals surface area contributed by atoms with Crippen LogP contribution in [0.5, 0.6) is 0 Å². The average Bonchev–Trinajstić information content (AvgIpc) is 2.51. The Labute approximate surface area is 125 Å². The second-order valence-electron chi connectivity index (χ2n) is 4.06. The van der Waals surface area contributed by atoms with E-state index in [0.29, 0.717) is 0 Å². The molecule has 0 heterocycles. The Morgan fingerprint density at radius 3 is 1.29 bits per heavy atom. The molecule has 0 fully saturated rings. The van der Waals surface area contributed by atoms with Crippen LogP contribution < -0.4 is 0 Å². The van der Waals surface area contributed by atoms with Crippen molar-refractivity contribution >= 4 is 0 Å². The van der Waals surface area contributed by atoms with Crippen LogP contribution in [-0.4, -0.2) is 51.9 Å². The second kappa shape index (κ2) is 13.4. The topological polar surface area (TPSA) is 75.6 Å². The first kappa shape index (κ1) is 19.5. The lowest BCUT2D eigenvalue weighted by Gasteiger charge is -2.30. The van der Waals surface area contributed by atoms with E-state index in [1.807, 2.05) is 0 Å². The van der Waals surface area contributed by atoms with Crippen molar-refractivity contribution in [3.63, 3.8) is 0 Å². The largest absolute Gasteiger partial charge is 0.476 e. The SMILES string of the molecule is C=COCOCC(CO)(COCOC=C)COCOC=C. The normalized spacial score (nSPS) is 10.7. The summed E-state index contributed by atoms with van der Waals surface area (Å²) in [6.45, 7) is 10.6. The molecule has 0 saturated heterocycles. The van der Waals surface area contributed by atoms with Crippen LogP contribution in [-0.2, 0) is 28.4 Å². The minimum atomic E-state index is -0.764. The minimum Gasteiger partial charge on any atom is -0.476 e. The van der Waals surface area contributed by atoms with Gasteiger partial charge in [0.05, 0.1) is 50.6 Å². The number of aliphatic hydroxyl groups excluding tert-OH is 1. The molecule has 0 aromatic carbocycles. The van der Waals surface area contributed by atoms with Gasteiger partial charge in [0.2, 0.25) is 0 Å². The van der Waals surface area contributed by atoms with Crippen LogP contribution in [0.25, 0.3) is 0 Å². The zero-order valence-electron chi connectivity index (χ0n) is 12.2. The molecule has 0 bridgehead atoms. The fourth-order valence-electron chi connectivity index (χ4n) is 1.33. The summed E-state index contributed by atoms with van der Waals surface area (Å²) in [5.41, 5.74) is -0.764. The van der Waals surface area contributed by atoms with Crippen molar-refractivity contribution in [2.45, 2.75) is 0 Å². The fourth-order valence-corrected chi connectivity index (χ4v) is 1.33. The van der Waals surface area contributed by atoms with E-state index in [-0.39, 0.29) is 46.8 Å². The van der Waals surface area contributed by atoms with Gasteiger partial charge in [-0.3, -0.25) is 0 Å². The van der Waals surface area contributed by atoms with Crippen molar-refractivity contribution in [3.05, 3.63) is 38.5 Å². The Balaban J connectivity index is 4.31. The van der Waals surface area contributed by atoms with Crippen molar-refractivity contribution in [3.8, 4) is 0 Å². The summed E-state index contributed by atoms with van der Waals surface area (Å²) in [6.07, 6.45) is 3.80. The van der Waals surface area contributed by atoms with Crippen molar-refractivity contribution in [1.29, 1.82) is 0 Å². The highest BCUT2D eigenvalue weighted by Gasteiger charge is 2.31. The fraction of sp³-hybridized carbons (Fsp3) is 0.571. The van der Waals surface area contributed by atoms with Crippen LogP contribution >= 0.6 is 0 Å². The molecule has 0 amide bonds. The molecule has 0 aromatic rings. The van der Waals surface area contributed by atoms with E-state index in [1.165, 1.54) is 18.8 Å². The van der Waals surface area contributed by atoms with Crippen molar-refractivity contribution in [1.82, 2.24) is 0 Å². The van der Waals surface area contributed by atoms with Crippen molar-refractivity contribution < 1.29 is 33.5 Å². The molecule has 0 radical (unpaired) electrons. The van der Waals surface area contributed by atoms with Gasteiger partial charge in [-0.15, -0.1) is 0 Å². The van der Waals surface area contributed by atoms with E-state index < -0.39 is 5.41 Å². The maximum absolute atomic E-state index is 9.62. The zero-order chi connectivity index (χ0) is 15.8. The zero-order valence-corrected chi connectivity index (χ0v) is 12.2. The van der Waals surface area contributed by atoms with Crippen LogP contribution in [0.4, 0.5) is 0 Å². The first-order chi connectivity index (χ1) is 10.2. The van der Waals surface area contributed by atoms with Gasteiger partial charge in [0.25, 0.3) is 0 Å². The first-order valence-corrected chi connectivity index (χ1v) is 6.26. The molecule has 0 aromatic heterocycles. The Kier molecular flexibility index (Phi) is 12.5. The first-order valence-electron chi connectivity index (χ1n) is 6.26. The van der Waals surface area contributed by atoms with Gasteiger partial charge in [0, 0.05) is 0 Å². The molecule has 7 heteroatoms. The molecule has 21 heavy (non-hydrogen) atoms. The van der Waals surface area contributed by atoms with Crippen LogP contribution in [0, 0.1) is 5.41 Å². The average molecular weight is 304 g/mol. The lowest BCUT2D eigenvalue weighted by Crippen LogP contribution is -2.41. The summed E-state index contributed by atoms with van der Waals surface area (Å²) < 4.78 is 30.5. The summed E-state index contributed by atoms with van der Waals surface area (Å²) >= 11 is 0. The van der Waals surface area contributed by atoms with Crippen LogP contribution in [0.2, 0.25) is 0 Å². The van der Waals surface area contributed by atoms with Crippen LogP contribution in [0.3, 0.4) is 0 Å². The molecular weight excluding hydrogens is 280 g/mol. The van der Waals surface area contributed by atoms with Crippen molar-refractivity contribution in [2.24, 2.45) is 5.41 Å². The third kappa shape index (κ3) is 9.91. The van der Waals surface area contributed by atoms with Gasteiger partial charge in [0.1, 0.15) is 0 Å². The monoisotopic (exact) mass is 304 g/mol. The highest BCUT2D eigenvalue weighted by atomic mass is 16.7. The highest BCUT2D eigenvalue weighted by molar-refractivity contribution is 4.78. The van der Waals surface area contributed by atoms with E-state index in [4.69, 9.17) is 28.4 Å². The molecule has 122 valence electrons. The molecule has 1 N–H and O–H groups in total. The summed E-state index contributed by atoms with van der Waals surface area (Å²) in [6, 6.07) is 0. The Morgan fingerprint density at radius 1 is 0.714 bits per heavy atom. The van der Waals surface area contributed by atoms with Gasteiger partial charge in [-0.05, 0) is 0 Å². The van der Waals surface area contributed by atoms with E-state index >= 15 is 0 Å². The van der Waals surface area contributed by atoms with E-state index in [2.05, 4.69) is 19.7 Å². The molecule has 0 aliphatic carbocycles. The van der Waals surface area contributed by atoms with E-state index in [0.717, 1.165) is 0 Å². The molecule has 0 spiro atoms. The quantitative estimate of drug-likeness (QED) is 0.262. The molecule has 0 unspecified atom stereocenters. The molecule has 0 saturated carbocycles. The predicted octanol–water partition coefficient (Wildman–Crippen LogP) is 1.37. The smallest absolute Gasteiger partial charge is 0.188 e. The van der Waals surface area contributed by atoms with Gasteiger partial charge < -0.3 is 33.5 Å². The molecule has 0 atom stereocenters. The lowest BCUT2D eigenvalue weighted by molar-refractivity contribution is -0.149. The third-order valence-corrected chi connectivity index (χ3v) is 2.37. The molecule has 0 rings (SSSR count). The number of hydrogen-bond donors (Lipinski definition) is 1. The van der Waals surface area contributed by atoms with Gasteiger partial charge in [-0.25, -0.2) is 0 Å². The number of aliphatic hydroxyl groups is 1. The number of rotatable bonds is 16.